The molecule has 1 saturated heterocycles. The van der Waals surface area contributed by atoms with Crippen molar-refractivity contribution in [2.45, 2.75) is 26.4 Å². The van der Waals surface area contributed by atoms with Crippen molar-refractivity contribution in [3.63, 3.8) is 0 Å². The van der Waals surface area contributed by atoms with Crippen LogP contribution in [0, 0.1) is 11.8 Å². The maximum Gasteiger partial charge on any atom is 0.255 e. The monoisotopic (exact) mass is 171 g/mol. The molecule has 0 radical (unpaired) electrons. The maximum absolute atomic E-state index is 11.1. The van der Waals surface area contributed by atoms with Crippen LogP contribution < -0.4 is 5.32 Å². The Hall–Kier alpha value is -0.900. The first-order valence-corrected chi connectivity index (χ1v) is 4.05. The molecule has 0 saturated carbocycles. The smallest absolute Gasteiger partial charge is 0.255 e. The average molecular weight is 171 g/mol. The predicted molar refractivity (Wildman–Crippen MR) is 42.1 cm³/mol. The first-order valence-electron chi connectivity index (χ1n) is 4.05. The van der Waals surface area contributed by atoms with Crippen LogP contribution in [0.3, 0.4) is 0 Å². The molecule has 1 rings (SSSR count). The molecule has 12 heavy (non-hydrogen) atoms. The normalized spacial score (nSPS) is 30.7. The van der Waals surface area contributed by atoms with Gasteiger partial charge in [-0.3, -0.25) is 14.9 Å². The third-order valence-corrected chi connectivity index (χ3v) is 2.17. The number of carbonyl (C=O) groups excluding carboxylic acids is 2. The van der Waals surface area contributed by atoms with Crippen LogP contribution >= 0.6 is 0 Å². The van der Waals surface area contributed by atoms with Gasteiger partial charge in [0.1, 0.15) is 6.10 Å². The van der Waals surface area contributed by atoms with Crippen molar-refractivity contribution < 1.29 is 14.7 Å². The third-order valence-electron chi connectivity index (χ3n) is 2.17. The largest absolute Gasteiger partial charge is 0.383 e. The van der Waals surface area contributed by atoms with E-state index in [0.29, 0.717) is 0 Å². The van der Waals surface area contributed by atoms with E-state index in [1.165, 1.54) is 0 Å². The second-order valence-corrected chi connectivity index (χ2v) is 3.46. The van der Waals surface area contributed by atoms with Gasteiger partial charge in [-0.15, -0.1) is 0 Å². The third kappa shape index (κ3) is 1.64. The standard InChI is InChI=1S/C8H13NO3/c1-4(2)5-3-6(10)8(12)9-7(5)11/h4-6,10H,3H2,1-2H3,(H,9,11,12). The van der Waals surface area contributed by atoms with E-state index in [-0.39, 0.29) is 24.2 Å². The van der Waals surface area contributed by atoms with Gasteiger partial charge in [-0.05, 0) is 12.3 Å². The summed E-state index contributed by atoms with van der Waals surface area (Å²) in [7, 11) is 0. The molecule has 0 bridgehead atoms. The molecule has 0 aliphatic carbocycles. The van der Waals surface area contributed by atoms with Gasteiger partial charge in [0, 0.05) is 5.92 Å². The highest BCUT2D eigenvalue weighted by Crippen LogP contribution is 2.20. The second kappa shape index (κ2) is 3.23. The molecule has 0 aromatic rings. The second-order valence-electron chi connectivity index (χ2n) is 3.46. The van der Waals surface area contributed by atoms with E-state index in [2.05, 4.69) is 5.32 Å². The number of hydrogen-bond donors (Lipinski definition) is 2. The van der Waals surface area contributed by atoms with E-state index in [0.717, 1.165) is 0 Å². The summed E-state index contributed by atoms with van der Waals surface area (Å²) < 4.78 is 0. The lowest BCUT2D eigenvalue weighted by molar-refractivity contribution is -0.144. The maximum atomic E-state index is 11.1. The zero-order valence-corrected chi connectivity index (χ0v) is 7.20. The minimum atomic E-state index is -1.02. The lowest BCUT2D eigenvalue weighted by Gasteiger charge is -2.26. The van der Waals surface area contributed by atoms with Crippen LogP contribution in [0.15, 0.2) is 0 Å². The minimum absolute atomic E-state index is 0.160. The number of rotatable bonds is 1. The highest BCUT2D eigenvalue weighted by molar-refractivity contribution is 6.00. The first-order chi connectivity index (χ1) is 5.52. The van der Waals surface area contributed by atoms with E-state index in [1.807, 2.05) is 13.8 Å². The summed E-state index contributed by atoms with van der Waals surface area (Å²) in [5, 5.41) is 11.3. The number of piperidine rings is 1. The number of aliphatic hydroxyl groups excluding tert-OH is 1. The van der Waals surface area contributed by atoms with Gasteiger partial charge in [0.05, 0.1) is 0 Å². The molecule has 1 heterocycles. The van der Waals surface area contributed by atoms with Crippen molar-refractivity contribution in [3.8, 4) is 0 Å². The van der Waals surface area contributed by atoms with Crippen molar-refractivity contribution >= 4 is 11.8 Å². The van der Waals surface area contributed by atoms with Crippen LogP contribution in [-0.2, 0) is 9.59 Å². The number of aliphatic hydroxyl groups is 1. The molecule has 2 amide bonds. The van der Waals surface area contributed by atoms with Gasteiger partial charge in [0.15, 0.2) is 0 Å². The lowest BCUT2D eigenvalue weighted by atomic mass is 9.86. The summed E-state index contributed by atoms with van der Waals surface area (Å²) in [6.45, 7) is 3.79. The fourth-order valence-corrected chi connectivity index (χ4v) is 1.33. The Balaban J connectivity index is 2.68. The van der Waals surface area contributed by atoms with Crippen molar-refractivity contribution in [2.75, 3.05) is 0 Å². The Bertz CT molecular complexity index is 212. The molecule has 4 heteroatoms. The Morgan fingerprint density at radius 1 is 1.42 bits per heavy atom. The van der Waals surface area contributed by atoms with Crippen LogP contribution in [-0.4, -0.2) is 23.0 Å². The molecule has 0 aromatic heterocycles. The lowest BCUT2D eigenvalue weighted by Crippen LogP contribution is -2.50. The summed E-state index contributed by atoms with van der Waals surface area (Å²) in [5.41, 5.74) is 0. The molecule has 2 N–H and O–H groups in total. The highest BCUT2D eigenvalue weighted by Gasteiger charge is 2.34. The van der Waals surface area contributed by atoms with Crippen LogP contribution in [0.25, 0.3) is 0 Å². The molecule has 68 valence electrons. The topological polar surface area (TPSA) is 66.4 Å². The van der Waals surface area contributed by atoms with Crippen LogP contribution in [0.5, 0.6) is 0 Å². The molecule has 0 aromatic carbocycles. The molecular formula is C8H13NO3. The number of hydrogen-bond acceptors (Lipinski definition) is 3. The van der Waals surface area contributed by atoms with Crippen molar-refractivity contribution in [3.05, 3.63) is 0 Å². The van der Waals surface area contributed by atoms with E-state index < -0.39 is 12.0 Å². The fourth-order valence-electron chi connectivity index (χ4n) is 1.33. The quantitative estimate of drug-likeness (QED) is 0.531. The molecule has 0 spiro atoms. The zero-order valence-electron chi connectivity index (χ0n) is 7.20. The van der Waals surface area contributed by atoms with E-state index in [9.17, 15) is 9.59 Å². The fraction of sp³-hybridized carbons (Fsp3) is 0.750. The number of carbonyl (C=O) groups is 2. The van der Waals surface area contributed by atoms with Crippen molar-refractivity contribution in [2.24, 2.45) is 11.8 Å². The van der Waals surface area contributed by atoms with Crippen LogP contribution in [0.1, 0.15) is 20.3 Å². The van der Waals surface area contributed by atoms with Gasteiger partial charge in [-0.1, -0.05) is 13.8 Å². The summed E-state index contributed by atoms with van der Waals surface area (Å²) in [6, 6.07) is 0. The average Bonchev–Trinajstić information content (AvgIpc) is 1.96. The molecule has 2 atom stereocenters. The Morgan fingerprint density at radius 3 is 2.50 bits per heavy atom. The van der Waals surface area contributed by atoms with Gasteiger partial charge in [-0.2, -0.15) is 0 Å². The van der Waals surface area contributed by atoms with Gasteiger partial charge in [0.25, 0.3) is 5.91 Å². The minimum Gasteiger partial charge on any atom is -0.383 e. The highest BCUT2D eigenvalue weighted by atomic mass is 16.3. The van der Waals surface area contributed by atoms with Gasteiger partial charge < -0.3 is 5.11 Å². The zero-order chi connectivity index (χ0) is 9.30. The van der Waals surface area contributed by atoms with Crippen LogP contribution in [0.4, 0.5) is 0 Å². The van der Waals surface area contributed by atoms with E-state index in [1.54, 1.807) is 0 Å². The summed E-state index contributed by atoms with van der Waals surface area (Å²) in [5.74, 6) is -0.914. The first kappa shape index (κ1) is 9.19. The van der Waals surface area contributed by atoms with Crippen LogP contribution in [0.2, 0.25) is 0 Å². The molecular weight excluding hydrogens is 158 g/mol. The van der Waals surface area contributed by atoms with Crippen molar-refractivity contribution in [1.29, 1.82) is 0 Å². The molecule has 1 aliphatic rings. The van der Waals surface area contributed by atoms with Gasteiger partial charge in [-0.25, -0.2) is 0 Å². The SMILES string of the molecule is CC(C)C1CC(O)C(=O)NC1=O. The van der Waals surface area contributed by atoms with E-state index >= 15 is 0 Å². The van der Waals surface area contributed by atoms with Crippen molar-refractivity contribution in [1.82, 2.24) is 5.32 Å². The molecule has 1 aliphatic heterocycles. The predicted octanol–water partition coefficient (Wildman–Crippen LogP) is -0.334. The van der Waals surface area contributed by atoms with E-state index in [4.69, 9.17) is 5.11 Å². The number of imide groups is 1. The summed E-state index contributed by atoms with van der Waals surface area (Å²) in [4.78, 5) is 21.9. The molecule has 4 nitrogen and oxygen atoms in total. The van der Waals surface area contributed by atoms with Gasteiger partial charge >= 0.3 is 0 Å². The van der Waals surface area contributed by atoms with Gasteiger partial charge in [0.2, 0.25) is 5.91 Å². The summed E-state index contributed by atoms with van der Waals surface area (Å²) >= 11 is 0. The molecule has 2 unspecified atom stereocenters. The summed E-state index contributed by atoms with van der Waals surface area (Å²) in [6.07, 6.45) is -0.766. The number of nitrogens with one attached hydrogen (secondary N) is 1. The number of amides is 2. The molecule has 1 fully saturated rings. The Labute approximate surface area is 71.0 Å². The Kier molecular flexibility index (Phi) is 2.47. The Morgan fingerprint density at radius 2 is 2.00 bits per heavy atom.